The fourth-order valence-corrected chi connectivity index (χ4v) is 3.09. The second-order valence-corrected chi connectivity index (χ2v) is 6.19. The number of aliphatic carboxylic acids is 1. The molecule has 144 valence electrons. The summed E-state index contributed by atoms with van der Waals surface area (Å²) in [7, 11) is 1.33. The van der Waals surface area contributed by atoms with Gasteiger partial charge in [0.25, 0.3) is 5.91 Å². The molecule has 0 radical (unpaired) electrons. The van der Waals surface area contributed by atoms with Crippen molar-refractivity contribution in [1.82, 2.24) is 4.90 Å². The summed E-state index contributed by atoms with van der Waals surface area (Å²) in [6, 6.07) is 2.55. The van der Waals surface area contributed by atoms with Gasteiger partial charge in [-0.15, -0.1) is 0 Å². The third kappa shape index (κ3) is 3.40. The van der Waals surface area contributed by atoms with Crippen LogP contribution in [0.4, 0.5) is 13.2 Å². The van der Waals surface area contributed by atoms with Crippen LogP contribution in [0, 0.1) is 5.41 Å². The van der Waals surface area contributed by atoms with Crippen molar-refractivity contribution in [1.29, 1.82) is 0 Å². The number of nitrogens with zero attached hydrogens (tertiary/aromatic N) is 1. The number of carboxylic acids is 1. The second-order valence-electron chi connectivity index (χ2n) is 5.78. The maximum Gasteiger partial charge on any atom is 0.406 e. The Hall–Kier alpha value is -2.16. The van der Waals surface area contributed by atoms with Crippen molar-refractivity contribution in [2.45, 2.75) is 19.5 Å². The van der Waals surface area contributed by atoms with Crippen LogP contribution in [-0.2, 0) is 4.79 Å². The zero-order valence-electron chi connectivity index (χ0n) is 14.0. The summed E-state index contributed by atoms with van der Waals surface area (Å²) in [6.45, 7) is 0.722. The number of hydrogen-bond acceptors (Lipinski definition) is 4. The van der Waals surface area contributed by atoms with E-state index in [2.05, 4.69) is 0 Å². The third-order valence-corrected chi connectivity index (χ3v) is 4.55. The predicted octanol–water partition coefficient (Wildman–Crippen LogP) is 3.23. The van der Waals surface area contributed by atoms with Crippen molar-refractivity contribution >= 4 is 23.5 Å². The number of hydrogen-bond donors (Lipinski definition) is 1. The van der Waals surface area contributed by atoms with Crippen molar-refractivity contribution < 1.29 is 37.3 Å². The van der Waals surface area contributed by atoms with E-state index in [0.717, 1.165) is 4.90 Å². The van der Waals surface area contributed by atoms with Crippen LogP contribution >= 0.6 is 11.6 Å². The summed E-state index contributed by atoms with van der Waals surface area (Å²) >= 11 is 6.07. The Kier molecular flexibility index (Phi) is 5.60. The molecule has 0 saturated carbocycles. The molecule has 6 nitrogen and oxygen atoms in total. The number of rotatable bonds is 5. The maximum atomic E-state index is 13.2. The topological polar surface area (TPSA) is 76.1 Å². The van der Waals surface area contributed by atoms with Gasteiger partial charge in [0.05, 0.1) is 18.7 Å². The summed E-state index contributed by atoms with van der Waals surface area (Å²) in [6.07, 6.45) is -5.68. The molecular formula is C16H17ClF3NO5. The molecule has 0 aliphatic carbocycles. The average molecular weight is 396 g/mol. The highest BCUT2D eigenvalue weighted by molar-refractivity contribution is 6.32. The highest BCUT2D eigenvalue weighted by Gasteiger charge is 2.64. The molecule has 1 aromatic rings. The van der Waals surface area contributed by atoms with Gasteiger partial charge < -0.3 is 19.5 Å². The van der Waals surface area contributed by atoms with Gasteiger partial charge in [-0.2, -0.15) is 13.2 Å². The molecule has 1 aromatic carbocycles. The molecule has 0 spiro atoms. The lowest BCUT2D eigenvalue weighted by Gasteiger charge is -2.27. The van der Waals surface area contributed by atoms with Crippen LogP contribution in [0.1, 0.15) is 23.7 Å². The fraction of sp³-hybridized carbons (Fsp3) is 0.500. The van der Waals surface area contributed by atoms with E-state index in [4.69, 9.17) is 26.2 Å². The number of methoxy groups -OCH3 is 1. The minimum absolute atomic E-state index is 0.0151. The summed E-state index contributed by atoms with van der Waals surface area (Å²) in [5, 5.41) is 9.14. The molecule has 1 saturated heterocycles. The zero-order chi connectivity index (χ0) is 19.7. The first kappa shape index (κ1) is 20.2. The van der Waals surface area contributed by atoms with Crippen LogP contribution < -0.4 is 9.47 Å². The van der Waals surface area contributed by atoms with Crippen LogP contribution in [0.25, 0.3) is 0 Å². The summed E-state index contributed by atoms with van der Waals surface area (Å²) < 4.78 is 50.2. The highest BCUT2D eigenvalue weighted by Crippen LogP contribution is 2.46. The lowest BCUT2D eigenvalue weighted by Crippen LogP contribution is -2.47. The first-order valence-electron chi connectivity index (χ1n) is 7.67. The molecular weight excluding hydrogens is 379 g/mol. The van der Waals surface area contributed by atoms with Crippen LogP contribution in [0.3, 0.4) is 0 Å². The van der Waals surface area contributed by atoms with Crippen LogP contribution in [-0.4, -0.2) is 54.9 Å². The number of benzene rings is 1. The molecule has 1 fully saturated rings. The van der Waals surface area contributed by atoms with Gasteiger partial charge in [0.15, 0.2) is 16.9 Å². The van der Waals surface area contributed by atoms with Crippen molar-refractivity contribution in [2.24, 2.45) is 5.41 Å². The monoisotopic (exact) mass is 395 g/mol. The van der Waals surface area contributed by atoms with Crippen molar-refractivity contribution in [2.75, 3.05) is 26.8 Å². The molecule has 1 amide bonds. The van der Waals surface area contributed by atoms with Crippen LogP contribution in [0.5, 0.6) is 11.5 Å². The number of amides is 1. The van der Waals surface area contributed by atoms with E-state index < -0.39 is 36.4 Å². The van der Waals surface area contributed by atoms with Gasteiger partial charge in [-0.05, 0) is 25.5 Å². The molecule has 1 unspecified atom stereocenters. The van der Waals surface area contributed by atoms with Crippen molar-refractivity contribution in [3.05, 3.63) is 22.7 Å². The fourth-order valence-electron chi connectivity index (χ4n) is 2.82. The van der Waals surface area contributed by atoms with E-state index in [1.807, 2.05) is 0 Å². The minimum Gasteiger partial charge on any atom is -0.493 e. The molecule has 0 aromatic heterocycles. The molecule has 2 rings (SSSR count). The minimum atomic E-state index is -4.97. The number of carboxylic acid groups (broad SMARTS) is 1. The summed E-state index contributed by atoms with van der Waals surface area (Å²) in [5.41, 5.74) is -2.99. The standard InChI is InChI=1S/C16H17ClF3NO5/c1-3-26-12-10(17)6-9(7-11(12)25-2)13(22)21-5-4-15(8-21,14(23)24)16(18,19)20/h6-7H,3-5,8H2,1-2H3,(H,23,24). The van der Waals surface area contributed by atoms with Gasteiger partial charge in [-0.25, -0.2) is 0 Å². The van der Waals surface area contributed by atoms with E-state index >= 15 is 0 Å². The Labute approximate surface area is 152 Å². The molecule has 1 aliphatic rings. The van der Waals surface area contributed by atoms with Gasteiger partial charge in [-0.1, -0.05) is 11.6 Å². The molecule has 26 heavy (non-hydrogen) atoms. The molecule has 0 bridgehead atoms. The van der Waals surface area contributed by atoms with E-state index in [1.54, 1.807) is 6.92 Å². The third-order valence-electron chi connectivity index (χ3n) is 4.27. The predicted molar refractivity (Wildman–Crippen MR) is 85.8 cm³/mol. The summed E-state index contributed by atoms with van der Waals surface area (Å²) in [4.78, 5) is 24.7. The lowest BCUT2D eigenvalue weighted by molar-refractivity contribution is -0.227. The first-order chi connectivity index (χ1) is 12.1. The van der Waals surface area contributed by atoms with Gasteiger partial charge in [0.1, 0.15) is 0 Å². The van der Waals surface area contributed by atoms with Gasteiger partial charge in [0, 0.05) is 18.7 Å². The first-order valence-corrected chi connectivity index (χ1v) is 8.05. The second kappa shape index (κ2) is 7.22. The SMILES string of the molecule is CCOc1c(Cl)cc(C(=O)N2CCC(C(=O)O)(C(F)(F)F)C2)cc1OC. The normalized spacial score (nSPS) is 20.2. The van der Waals surface area contributed by atoms with Crippen LogP contribution in [0.15, 0.2) is 12.1 Å². The number of likely N-dealkylation sites (tertiary alicyclic amines) is 1. The Bertz CT molecular complexity index is 725. The molecule has 1 aliphatic heterocycles. The zero-order valence-corrected chi connectivity index (χ0v) is 14.8. The number of carbonyl (C=O) groups excluding carboxylic acids is 1. The average Bonchev–Trinajstić information content (AvgIpc) is 3.02. The Morgan fingerprint density at radius 2 is 2.04 bits per heavy atom. The molecule has 1 N–H and O–H groups in total. The van der Waals surface area contributed by atoms with E-state index in [1.165, 1.54) is 19.2 Å². The van der Waals surface area contributed by atoms with Gasteiger partial charge >= 0.3 is 12.1 Å². The van der Waals surface area contributed by atoms with Crippen molar-refractivity contribution in [3.63, 3.8) is 0 Å². The largest absolute Gasteiger partial charge is 0.493 e. The highest BCUT2D eigenvalue weighted by atomic mass is 35.5. The Balaban J connectivity index is 2.33. The Morgan fingerprint density at radius 3 is 2.50 bits per heavy atom. The Morgan fingerprint density at radius 1 is 1.38 bits per heavy atom. The lowest BCUT2D eigenvalue weighted by atomic mass is 9.86. The van der Waals surface area contributed by atoms with Gasteiger partial charge in [0.2, 0.25) is 0 Å². The number of halogens is 4. The number of carbonyl (C=O) groups is 2. The van der Waals surface area contributed by atoms with Crippen molar-refractivity contribution in [3.8, 4) is 11.5 Å². The van der Waals surface area contributed by atoms with Crippen LogP contribution in [0.2, 0.25) is 5.02 Å². The van der Waals surface area contributed by atoms with Gasteiger partial charge in [-0.3, -0.25) is 9.59 Å². The van der Waals surface area contributed by atoms with E-state index in [9.17, 15) is 22.8 Å². The molecule has 10 heteroatoms. The van der Waals surface area contributed by atoms with E-state index in [-0.39, 0.29) is 28.6 Å². The number of alkyl halides is 3. The molecule has 1 atom stereocenters. The number of ether oxygens (including phenoxy) is 2. The van der Waals surface area contributed by atoms with E-state index in [0.29, 0.717) is 6.61 Å². The summed E-state index contributed by atoms with van der Waals surface area (Å²) in [5.74, 6) is -2.39. The smallest absolute Gasteiger partial charge is 0.406 e. The maximum absolute atomic E-state index is 13.2. The quantitative estimate of drug-likeness (QED) is 0.828. The molecule has 1 heterocycles.